The summed E-state index contributed by atoms with van der Waals surface area (Å²) in [6.07, 6.45) is 1.05. The third-order valence-corrected chi connectivity index (χ3v) is 3.43. The van der Waals surface area contributed by atoms with Crippen LogP contribution in [0.2, 0.25) is 0 Å². The fraction of sp³-hybridized carbons (Fsp3) is 0.222. The topological polar surface area (TPSA) is 131 Å². The van der Waals surface area contributed by atoms with Gasteiger partial charge in [0.1, 0.15) is 5.75 Å². The van der Waals surface area contributed by atoms with E-state index < -0.39 is 16.9 Å². The number of hydrogen-bond donors (Lipinski definition) is 1. The molecular weight excluding hydrogens is 354 g/mol. The first-order chi connectivity index (χ1) is 12.9. The van der Waals surface area contributed by atoms with Gasteiger partial charge in [0.05, 0.1) is 16.3 Å². The average Bonchev–Trinajstić information content (AvgIpc) is 2.65. The number of nitro groups is 1. The highest BCUT2D eigenvalue weighted by Crippen LogP contribution is 2.23. The highest BCUT2D eigenvalue weighted by atomic mass is 16.6. The van der Waals surface area contributed by atoms with Gasteiger partial charge in [0.25, 0.3) is 5.69 Å². The number of carbonyl (C=O) groups is 2. The Morgan fingerprint density at radius 2 is 1.44 bits per heavy atom. The van der Waals surface area contributed by atoms with Crippen molar-refractivity contribution in [3.05, 3.63) is 58.6 Å². The predicted octanol–water partition coefficient (Wildman–Crippen LogP) is 4.56. The fourth-order valence-electron chi connectivity index (χ4n) is 2.07. The quantitative estimate of drug-likeness (QED) is 0.172. The van der Waals surface area contributed by atoms with Gasteiger partial charge >= 0.3 is 11.9 Å². The van der Waals surface area contributed by atoms with Gasteiger partial charge in [-0.05, 0) is 49.2 Å². The van der Waals surface area contributed by atoms with Gasteiger partial charge < -0.3 is 9.84 Å². The smallest absolute Gasteiger partial charge is 0.311 e. The van der Waals surface area contributed by atoms with Crippen LogP contribution in [0.3, 0.4) is 0 Å². The standard InChI is InChI=1S/C18H17N3O6/c22-17(23)3-1-2-4-18(24)27-16-11-7-14(8-12-16)20-19-13-5-9-15(10-6-13)21(25)26/h5-12H,1-4H2,(H,22,23). The second-order valence-corrected chi connectivity index (χ2v) is 5.54. The molecule has 0 unspecified atom stereocenters. The van der Waals surface area contributed by atoms with Gasteiger partial charge in [-0.3, -0.25) is 19.7 Å². The molecule has 2 aromatic rings. The Balaban J connectivity index is 1.84. The number of nitrogens with zero attached hydrogens (tertiary/aromatic N) is 3. The van der Waals surface area contributed by atoms with Crippen LogP contribution in [-0.4, -0.2) is 22.0 Å². The van der Waals surface area contributed by atoms with Crippen molar-refractivity contribution in [1.82, 2.24) is 0 Å². The van der Waals surface area contributed by atoms with Crippen LogP contribution in [0.5, 0.6) is 5.75 Å². The minimum absolute atomic E-state index is 0.0249. The number of aliphatic carboxylic acids is 1. The molecule has 9 nitrogen and oxygen atoms in total. The number of ether oxygens (including phenoxy) is 1. The van der Waals surface area contributed by atoms with Gasteiger partial charge in [-0.2, -0.15) is 10.2 Å². The zero-order valence-electron chi connectivity index (χ0n) is 14.3. The Morgan fingerprint density at radius 1 is 0.926 bits per heavy atom. The molecule has 0 atom stereocenters. The summed E-state index contributed by atoms with van der Waals surface area (Å²) in [5, 5.41) is 27.1. The number of carboxylic acid groups (broad SMARTS) is 1. The highest BCUT2D eigenvalue weighted by molar-refractivity contribution is 5.72. The van der Waals surface area contributed by atoms with Gasteiger partial charge in [0.15, 0.2) is 0 Å². The maximum atomic E-state index is 11.7. The predicted molar refractivity (Wildman–Crippen MR) is 95.5 cm³/mol. The van der Waals surface area contributed by atoms with E-state index in [-0.39, 0.29) is 18.5 Å². The van der Waals surface area contributed by atoms with E-state index in [4.69, 9.17) is 9.84 Å². The van der Waals surface area contributed by atoms with Gasteiger partial charge in [-0.25, -0.2) is 0 Å². The van der Waals surface area contributed by atoms with Crippen molar-refractivity contribution in [1.29, 1.82) is 0 Å². The molecule has 0 saturated carbocycles. The van der Waals surface area contributed by atoms with Crippen LogP contribution in [-0.2, 0) is 9.59 Å². The minimum Gasteiger partial charge on any atom is -0.481 e. The molecule has 9 heteroatoms. The number of hydrogen-bond acceptors (Lipinski definition) is 7. The molecule has 0 aromatic heterocycles. The van der Waals surface area contributed by atoms with Crippen molar-refractivity contribution >= 4 is 29.0 Å². The number of rotatable bonds is 9. The SMILES string of the molecule is O=C(O)CCCCC(=O)Oc1ccc(N=Nc2ccc([N+](=O)[O-])cc2)cc1. The Kier molecular flexibility index (Phi) is 7.12. The van der Waals surface area contributed by atoms with E-state index in [0.29, 0.717) is 30.0 Å². The van der Waals surface area contributed by atoms with E-state index in [1.54, 1.807) is 24.3 Å². The molecule has 0 saturated heterocycles. The van der Waals surface area contributed by atoms with E-state index >= 15 is 0 Å². The van der Waals surface area contributed by atoms with E-state index in [2.05, 4.69) is 10.2 Å². The number of nitro benzene ring substituents is 1. The summed E-state index contributed by atoms with van der Waals surface area (Å²) >= 11 is 0. The van der Waals surface area contributed by atoms with Crippen molar-refractivity contribution in [2.24, 2.45) is 10.2 Å². The third-order valence-electron chi connectivity index (χ3n) is 3.43. The van der Waals surface area contributed by atoms with Gasteiger partial charge in [0, 0.05) is 25.0 Å². The number of carbonyl (C=O) groups excluding carboxylic acids is 1. The molecule has 1 N–H and O–H groups in total. The largest absolute Gasteiger partial charge is 0.481 e. The summed E-state index contributed by atoms with van der Waals surface area (Å²) < 4.78 is 5.15. The first-order valence-electron chi connectivity index (χ1n) is 8.13. The zero-order valence-corrected chi connectivity index (χ0v) is 14.3. The van der Waals surface area contributed by atoms with Crippen molar-refractivity contribution in [3.8, 4) is 5.75 Å². The maximum absolute atomic E-state index is 11.7. The first-order valence-corrected chi connectivity index (χ1v) is 8.13. The van der Waals surface area contributed by atoms with E-state index in [9.17, 15) is 19.7 Å². The van der Waals surface area contributed by atoms with Crippen molar-refractivity contribution in [3.63, 3.8) is 0 Å². The Morgan fingerprint density at radius 3 is 1.96 bits per heavy atom. The molecule has 0 aliphatic rings. The molecule has 2 aromatic carbocycles. The summed E-state index contributed by atoms with van der Waals surface area (Å²) in [6, 6.07) is 12.0. The van der Waals surface area contributed by atoms with Crippen LogP contribution in [0.4, 0.5) is 17.1 Å². The lowest BCUT2D eigenvalue weighted by Gasteiger charge is -2.04. The summed E-state index contributed by atoms with van der Waals surface area (Å²) in [7, 11) is 0. The fourth-order valence-corrected chi connectivity index (χ4v) is 2.07. The highest BCUT2D eigenvalue weighted by Gasteiger charge is 2.06. The van der Waals surface area contributed by atoms with Crippen molar-refractivity contribution < 1.29 is 24.4 Å². The maximum Gasteiger partial charge on any atom is 0.311 e. The number of benzene rings is 2. The summed E-state index contributed by atoms with van der Waals surface area (Å²) in [5.74, 6) is -0.963. The number of azo groups is 1. The van der Waals surface area contributed by atoms with Crippen LogP contribution in [0.15, 0.2) is 58.8 Å². The van der Waals surface area contributed by atoms with Crippen LogP contribution >= 0.6 is 0 Å². The third kappa shape index (κ3) is 7.02. The number of esters is 1. The van der Waals surface area contributed by atoms with Gasteiger partial charge in [-0.15, -0.1) is 0 Å². The lowest BCUT2D eigenvalue weighted by molar-refractivity contribution is -0.384. The molecule has 0 amide bonds. The second-order valence-electron chi connectivity index (χ2n) is 5.54. The molecule has 0 fully saturated rings. The van der Waals surface area contributed by atoms with Crippen molar-refractivity contribution in [2.75, 3.05) is 0 Å². The molecule has 0 radical (unpaired) electrons. The summed E-state index contributed by atoms with van der Waals surface area (Å²) in [5.41, 5.74) is 0.968. The first kappa shape index (κ1) is 19.7. The van der Waals surface area contributed by atoms with Crippen LogP contribution in [0.1, 0.15) is 25.7 Å². The lowest BCUT2D eigenvalue weighted by atomic mass is 10.2. The Labute approximate surface area is 154 Å². The number of carboxylic acids is 1. The van der Waals surface area contributed by atoms with Crippen LogP contribution in [0.25, 0.3) is 0 Å². The summed E-state index contributed by atoms with van der Waals surface area (Å²) in [6.45, 7) is 0. The normalized spacial score (nSPS) is 10.7. The molecule has 0 aliphatic carbocycles. The van der Waals surface area contributed by atoms with Gasteiger partial charge in [0.2, 0.25) is 0 Å². The van der Waals surface area contributed by atoms with E-state index in [1.165, 1.54) is 24.3 Å². The lowest BCUT2D eigenvalue weighted by Crippen LogP contribution is -2.07. The van der Waals surface area contributed by atoms with E-state index in [1.807, 2.05) is 0 Å². The molecule has 2 rings (SSSR count). The molecule has 0 bridgehead atoms. The average molecular weight is 371 g/mol. The summed E-state index contributed by atoms with van der Waals surface area (Å²) in [4.78, 5) is 32.2. The van der Waals surface area contributed by atoms with Crippen LogP contribution in [0, 0.1) is 10.1 Å². The monoisotopic (exact) mass is 371 g/mol. The molecule has 0 heterocycles. The van der Waals surface area contributed by atoms with Gasteiger partial charge in [-0.1, -0.05) is 0 Å². The molecule has 0 spiro atoms. The minimum atomic E-state index is -0.887. The molecular formula is C18H17N3O6. The zero-order chi connectivity index (χ0) is 19.6. The Hall–Kier alpha value is -3.62. The van der Waals surface area contributed by atoms with Crippen molar-refractivity contribution in [2.45, 2.75) is 25.7 Å². The molecule has 27 heavy (non-hydrogen) atoms. The number of non-ortho nitro benzene ring substituents is 1. The molecule has 0 aliphatic heterocycles. The van der Waals surface area contributed by atoms with E-state index in [0.717, 1.165) is 0 Å². The second kappa shape index (κ2) is 9.76. The Bertz CT molecular complexity index is 831. The molecule has 140 valence electrons. The number of unbranched alkanes of at least 4 members (excludes halogenated alkanes) is 1. The van der Waals surface area contributed by atoms with Crippen LogP contribution < -0.4 is 4.74 Å².